The van der Waals surface area contributed by atoms with Crippen LogP contribution in [-0.4, -0.2) is 179 Å². The van der Waals surface area contributed by atoms with Gasteiger partial charge in [0.2, 0.25) is 18.7 Å². The van der Waals surface area contributed by atoms with Crippen molar-refractivity contribution >= 4 is 52.1 Å². The van der Waals surface area contributed by atoms with Gasteiger partial charge in [-0.2, -0.15) is 0 Å². The molecule has 3 aliphatic heterocycles. The maximum Gasteiger partial charge on any atom is 0.472 e. The van der Waals surface area contributed by atoms with E-state index >= 15 is 0 Å². The highest BCUT2D eigenvalue weighted by molar-refractivity contribution is 8.39. The van der Waals surface area contributed by atoms with E-state index in [9.17, 15) is 42.7 Å². The highest BCUT2D eigenvalue weighted by atomic mass is 32.7. The molecule has 0 spiro atoms. The number of nitrogens with one attached hydrogen (secondary N) is 2. The van der Waals surface area contributed by atoms with Crippen molar-refractivity contribution in [3.63, 3.8) is 0 Å². The van der Waals surface area contributed by atoms with E-state index in [1.165, 1.54) is 58.6 Å². The summed E-state index contributed by atoms with van der Waals surface area (Å²) in [5, 5.41) is 0. The largest absolute Gasteiger partial charge is 0.472 e. The van der Waals surface area contributed by atoms with Gasteiger partial charge in [0.25, 0.3) is 11.1 Å². The fraction of sp³-hybridized carbons (Fsp3) is 0.711. The highest BCUT2D eigenvalue weighted by Crippen LogP contribution is 2.54. The number of thiol groups is 1. The van der Waals surface area contributed by atoms with Gasteiger partial charge < -0.3 is 62.7 Å². The van der Waals surface area contributed by atoms with Crippen LogP contribution in [0.3, 0.4) is 0 Å². The van der Waals surface area contributed by atoms with Gasteiger partial charge in [-0.3, -0.25) is 55.9 Å². The molecule has 4 aromatic rings. The summed E-state index contributed by atoms with van der Waals surface area (Å²) in [4.78, 5) is 93.3. The molecule has 9 unspecified atom stereocenters. The molecule has 454 valence electrons. The predicted octanol–water partition coefficient (Wildman–Crippen LogP) is 1.55. The van der Waals surface area contributed by atoms with E-state index < -0.39 is 132 Å². The molecule has 3 aliphatic rings. The lowest BCUT2D eigenvalue weighted by molar-refractivity contribution is -0.169. The van der Waals surface area contributed by atoms with E-state index in [4.69, 9.17) is 71.0 Å². The minimum Gasteiger partial charge on any atom is -0.382 e. The predicted molar refractivity (Wildman–Crippen MR) is 286 cm³/mol. The van der Waals surface area contributed by atoms with Crippen molar-refractivity contribution in [1.29, 1.82) is 0 Å². The Morgan fingerprint density at radius 1 is 0.753 bits per heavy atom. The number of methoxy groups -OCH3 is 3. The summed E-state index contributed by atoms with van der Waals surface area (Å²) in [6.45, 7) is 1.19. The summed E-state index contributed by atoms with van der Waals surface area (Å²) in [5.41, 5.74) is -1.36. The lowest BCUT2D eigenvalue weighted by atomic mass is 9.99. The molecule has 0 bridgehead atoms. The van der Waals surface area contributed by atoms with Gasteiger partial charge in [-0.15, -0.1) is 0 Å². The van der Waals surface area contributed by atoms with Crippen LogP contribution >= 0.6 is 35.1 Å². The zero-order valence-electron chi connectivity index (χ0n) is 45.3. The topological polar surface area (TPSA) is 400 Å². The second-order valence-corrected chi connectivity index (χ2v) is 23.7. The zero-order chi connectivity index (χ0) is 58.7. The van der Waals surface area contributed by atoms with Gasteiger partial charge in [0, 0.05) is 44.8 Å². The number of phosphoric acid groups is 2. The van der Waals surface area contributed by atoms with Crippen LogP contribution in [0.2, 0.25) is 0 Å². The number of rotatable bonds is 33. The molecule has 4 aromatic heterocycles. The Balaban J connectivity index is 1.22. The van der Waals surface area contributed by atoms with Crippen LogP contribution in [0.1, 0.15) is 62.8 Å². The lowest BCUT2D eigenvalue weighted by Crippen LogP contribution is -2.56. The molecule has 3 saturated heterocycles. The maximum atomic E-state index is 14.6. The zero-order valence-corrected chi connectivity index (χ0v) is 49.0. The molecule has 0 aromatic carbocycles. The summed E-state index contributed by atoms with van der Waals surface area (Å²) in [6.07, 6.45) is -2.33. The summed E-state index contributed by atoms with van der Waals surface area (Å²) < 4.78 is 127. The smallest absolute Gasteiger partial charge is 0.382 e. The van der Waals surface area contributed by atoms with E-state index in [1.807, 2.05) is 0 Å². The first-order valence-corrected chi connectivity index (χ1v) is 31.3. The molecule has 7 heterocycles. The van der Waals surface area contributed by atoms with Crippen LogP contribution in [0.4, 0.5) is 5.82 Å². The van der Waals surface area contributed by atoms with Crippen LogP contribution in [-0.2, 0) is 90.4 Å². The van der Waals surface area contributed by atoms with Crippen molar-refractivity contribution < 1.29 is 88.7 Å². The molecule has 0 amide bonds. The first-order valence-electron chi connectivity index (χ1n) is 25.7. The second-order valence-electron chi connectivity index (χ2n) is 19.1. The van der Waals surface area contributed by atoms with Crippen molar-refractivity contribution in [2.75, 3.05) is 93.1 Å². The molecule has 81 heavy (non-hydrogen) atoms. The average Bonchev–Trinajstić information content (AvgIpc) is 4.22. The van der Waals surface area contributed by atoms with Gasteiger partial charge in [-0.1, -0.05) is 51.3 Å². The molecular formula is C45H70N9O23P3S. The third kappa shape index (κ3) is 15.3. The van der Waals surface area contributed by atoms with Gasteiger partial charge >= 0.3 is 27.0 Å². The SMILES string of the molecule is CCCCCCC[C@H]1OCC(OCCOC)(n2cc(C)c(=O)[nH]c2=O)C1OP(=O)(O)OC[C@H]1OCC(OCCOC)(n2cc(C)c(=O)[nH]c2=O)C1OP(=O)(O)OC[C@H]1O[C@@H](n2cnc3c(N)ncnc32)C(OCCOC)C1O[PH](=O)S. The minimum atomic E-state index is -5.57. The van der Waals surface area contributed by atoms with Crippen molar-refractivity contribution in [2.45, 2.75) is 120 Å². The monoisotopic (exact) mass is 1230 g/mol. The van der Waals surface area contributed by atoms with Gasteiger partial charge in [-0.05, 0) is 20.3 Å². The molecule has 3 fully saturated rings. The molecule has 0 saturated carbocycles. The van der Waals surface area contributed by atoms with Crippen LogP contribution in [0.25, 0.3) is 11.2 Å². The van der Waals surface area contributed by atoms with Crippen LogP contribution in [0.5, 0.6) is 0 Å². The fourth-order valence-corrected chi connectivity index (χ4v) is 12.5. The summed E-state index contributed by atoms with van der Waals surface area (Å²) in [6, 6.07) is 0. The van der Waals surface area contributed by atoms with E-state index in [0.29, 0.717) is 6.42 Å². The molecule has 7 rings (SSSR count). The third-order valence-corrected chi connectivity index (χ3v) is 16.3. The number of ether oxygens (including phenoxy) is 9. The van der Waals surface area contributed by atoms with Gasteiger partial charge in [0.05, 0.1) is 78.5 Å². The summed E-state index contributed by atoms with van der Waals surface area (Å²) >= 11 is 3.99. The Kier molecular flexibility index (Phi) is 23.0. The summed E-state index contributed by atoms with van der Waals surface area (Å²) in [5.74, 6) is 0.0390. The normalized spacial score (nSPS) is 27.7. The minimum absolute atomic E-state index is 0.00999. The van der Waals surface area contributed by atoms with E-state index in [2.05, 4.69) is 44.1 Å². The van der Waals surface area contributed by atoms with E-state index in [0.717, 1.165) is 41.0 Å². The number of nitrogen functional groups attached to an aromatic ring is 1. The number of aryl methyl sites for hydroxylation is 2. The molecule has 36 heteroatoms. The molecule has 32 nitrogen and oxygen atoms in total. The standard InChI is InChI=1S/C45H70N9O23P3S/c1-7-8-9-10-11-12-29-35(44(23-68-29,70-17-14-65-5)53-19-27(2)39(55)50-42(53)57)76-80(62,63)73-22-31-36(45(24-69-31,71-18-15-66-6)54-20-28(3)40(56)51-43(54)58)77-79(60,61)72-21-30-33(75-78(59)81)34(67-16-13-64-4)41(74-30)52-26-49-32-37(46)47-25-48-38(32)52/h19-20,25-26,29-31,33-36,41,78H,7-18,21-24H2,1-6H3,(H,59,81)(H,60,61)(H,62,63)(H2,46,47,48)(H,50,55,57)(H,51,56,58)/t29-,30-,31-,33?,34?,35?,36?,41-,44?,45?/m1/s1. The Bertz CT molecular complexity index is 3110. The quantitative estimate of drug-likeness (QED) is 0.0224. The van der Waals surface area contributed by atoms with Crippen molar-refractivity contribution in [3.05, 3.63) is 77.9 Å². The maximum absolute atomic E-state index is 14.6. The number of imidazole rings is 1. The number of hydrogen-bond donors (Lipinski definition) is 6. The van der Waals surface area contributed by atoms with E-state index in [1.54, 1.807) is 0 Å². The van der Waals surface area contributed by atoms with Crippen LogP contribution in [0.15, 0.2) is 44.2 Å². The molecular weight excluding hydrogens is 1160 g/mol. The number of unbranched alkanes of at least 4 members (excludes halogenated alkanes) is 4. The molecule has 0 aliphatic carbocycles. The first-order chi connectivity index (χ1) is 38.6. The molecule has 0 radical (unpaired) electrons. The Hall–Kier alpha value is -3.89. The van der Waals surface area contributed by atoms with E-state index in [-0.39, 0.29) is 74.2 Å². The number of phosphoric ester groups is 2. The number of nitrogens with two attached hydrogens (primary N) is 1. The average molecular weight is 1230 g/mol. The number of nitrogens with zero attached hydrogens (tertiary/aromatic N) is 6. The highest BCUT2D eigenvalue weighted by Gasteiger charge is 2.60. The summed E-state index contributed by atoms with van der Waals surface area (Å²) in [7, 11) is -9.96. The Morgan fingerprint density at radius 2 is 1.28 bits per heavy atom. The number of anilines is 1. The third-order valence-electron chi connectivity index (χ3n) is 13.6. The number of hydrogen-bond acceptors (Lipinski definition) is 25. The second kappa shape index (κ2) is 28.8. The van der Waals surface area contributed by atoms with Gasteiger partial charge in [0.15, 0.2) is 17.7 Å². The van der Waals surface area contributed by atoms with Crippen molar-refractivity contribution in [2.24, 2.45) is 0 Å². The number of aromatic nitrogens is 8. The van der Waals surface area contributed by atoms with Crippen LogP contribution < -0.4 is 28.2 Å². The molecule has 6 N–H and O–H groups in total. The van der Waals surface area contributed by atoms with Crippen molar-refractivity contribution in [1.82, 2.24) is 38.6 Å². The van der Waals surface area contributed by atoms with Crippen LogP contribution in [0, 0.1) is 13.8 Å². The lowest BCUT2D eigenvalue weighted by Gasteiger charge is -2.37. The first kappa shape index (κ1) is 64.7. The fourth-order valence-electron chi connectivity index (χ4n) is 9.60. The molecule has 13 atom stereocenters. The number of fused-ring (bicyclic) bond motifs is 1. The number of H-pyrrole nitrogens is 2. The Morgan fingerprint density at radius 3 is 1.84 bits per heavy atom. The van der Waals surface area contributed by atoms with Gasteiger partial charge in [0.1, 0.15) is 48.5 Å². The van der Waals surface area contributed by atoms with Crippen molar-refractivity contribution in [3.8, 4) is 0 Å². The van der Waals surface area contributed by atoms with Gasteiger partial charge in [-0.25, -0.2) is 33.7 Å². The number of aromatic amines is 2. The Labute approximate surface area is 468 Å².